The van der Waals surface area contributed by atoms with Crippen LogP contribution in [-0.2, 0) is 0 Å². The van der Waals surface area contributed by atoms with Crippen molar-refractivity contribution in [2.75, 3.05) is 0 Å². The maximum Gasteiger partial charge on any atom is 0.438 e. The van der Waals surface area contributed by atoms with Gasteiger partial charge in [0.2, 0.25) is 34.8 Å². The summed E-state index contributed by atoms with van der Waals surface area (Å²) in [6, 6.07) is 0. The third-order valence-corrected chi connectivity index (χ3v) is 1.41. The van der Waals surface area contributed by atoms with E-state index in [9.17, 15) is 26.7 Å². The van der Waals surface area contributed by atoms with Crippen molar-refractivity contribution in [2.45, 2.75) is 0 Å². The molecule has 0 heterocycles. The molecule has 0 aliphatic rings. The van der Waals surface area contributed by atoms with Crippen molar-refractivity contribution >= 4 is 6.09 Å². The molecule has 0 bridgehead atoms. The Morgan fingerprint density at radius 2 is 1.31 bits per heavy atom. The fourth-order valence-corrected chi connectivity index (χ4v) is 0.769. The molecule has 0 atom stereocenters. The highest BCUT2D eigenvalue weighted by molar-refractivity contribution is 5.63. The molecule has 4 nitrogen and oxygen atoms in total. The lowest BCUT2D eigenvalue weighted by atomic mass is 10.3. The zero-order valence-corrected chi connectivity index (χ0v) is 7.15. The van der Waals surface area contributed by atoms with Crippen LogP contribution in [0.4, 0.5) is 26.7 Å². The fraction of sp³-hybridized carbons (Fsp3) is 0. The maximum absolute atomic E-state index is 12.8. The molecule has 9 heteroatoms. The van der Waals surface area contributed by atoms with Gasteiger partial charge in [0.1, 0.15) is 0 Å². The van der Waals surface area contributed by atoms with Crippen LogP contribution in [0.2, 0.25) is 0 Å². The molecule has 2 N–H and O–H groups in total. The Morgan fingerprint density at radius 3 is 1.69 bits per heavy atom. The van der Waals surface area contributed by atoms with Crippen LogP contribution in [0.3, 0.4) is 0 Å². The molecule has 0 saturated heterocycles. The predicted molar refractivity (Wildman–Crippen MR) is 38.0 cm³/mol. The lowest BCUT2D eigenvalue weighted by Gasteiger charge is -2.07. The second-order valence-corrected chi connectivity index (χ2v) is 2.41. The van der Waals surface area contributed by atoms with Crippen LogP contribution in [0, 0.1) is 29.1 Å². The molecule has 88 valence electrons. The summed E-state index contributed by atoms with van der Waals surface area (Å²) in [6.45, 7) is 0. The molecule has 0 aliphatic carbocycles. The highest BCUT2D eigenvalue weighted by Crippen LogP contribution is 2.28. The highest BCUT2D eigenvalue weighted by atomic mass is 19.2. The molecular formula is C7H2F5NO3. The number of benzene rings is 1. The van der Waals surface area contributed by atoms with E-state index in [1.807, 2.05) is 0 Å². The van der Waals surface area contributed by atoms with Crippen molar-refractivity contribution in [3.63, 3.8) is 0 Å². The van der Waals surface area contributed by atoms with Crippen molar-refractivity contribution in [3.05, 3.63) is 29.1 Å². The van der Waals surface area contributed by atoms with Gasteiger partial charge >= 0.3 is 6.09 Å². The van der Waals surface area contributed by atoms with Gasteiger partial charge in [-0.3, -0.25) is 0 Å². The summed E-state index contributed by atoms with van der Waals surface area (Å²) in [6.07, 6.45) is -1.87. The lowest BCUT2D eigenvalue weighted by molar-refractivity contribution is 0.127. The third kappa shape index (κ3) is 1.97. The molecule has 0 saturated carbocycles. The number of hydroxylamine groups is 1. The molecule has 1 amide bonds. The van der Waals surface area contributed by atoms with Crippen LogP contribution in [0.15, 0.2) is 0 Å². The van der Waals surface area contributed by atoms with Gasteiger partial charge in [0, 0.05) is 0 Å². The topological polar surface area (TPSA) is 58.6 Å². The zero-order chi connectivity index (χ0) is 12.5. The van der Waals surface area contributed by atoms with Crippen LogP contribution in [0.1, 0.15) is 0 Å². The van der Waals surface area contributed by atoms with Gasteiger partial charge in [-0.2, -0.15) is 14.3 Å². The average Bonchev–Trinajstić information content (AvgIpc) is 2.23. The van der Waals surface area contributed by atoms with Crippen LogP contribution in [0.5, 0.6) is 5.75 Å². The summed E-state index contributed by atoms with van der Waals surface area (Å²) >= 11 is 0. The molecule has 0 aromatic heterocycles. The van der Waals surface area contributed by atoms with E-state index < -0.39 is 40.9 Å². The normalized spacial score (nSPS) is 10.1. The van der Waals surface area contributed by atoms with E-state index in [0.717, 1.165) is 5.48 Å². The minimum atomic E-state index is -2.36. The number of carbonyl (C=O) groups is 1. The van der Waals surface area contributed by atoms with E-state index in [2.05, 4.69) is 4.84 Å². The van der Waals surface area contributed by atoms with Crippen molar-refractivity contribution in [3.8, 4) is 5.75 Å². The Balaban J connectivity index is 3.23. The van der Waals surface area contributed by atoms with E-state index >= 15 is 0 Å². The third-order valence-electron chi connectivity index (χ3n) is 1.41. The molecule has 1 aromatic carbocycles. The first-order chi connectivity index (χ1) is 7.36. The first-order valence-electron chi connectivity index (χ1n) is 3.53. The van der Waals surface area contributed by atoms with Gasteiger partial charge in [0.15, 0.2) is 0 Å². The molecule has 0 spiro atoms. The van der Waals surface area contributed by atoms with Gasteiger partial charge in [0.25, 0.3) is 0 Å². The van der Waals surface area contributed by atoms with Crippen LogP contribution < -0.4 is 10.3 Å². The summed E-state index contributed by atoms with van der Waals surface area (Å²) in [5.74, 6) is -13.1. The van der Waals surface area contributed by atoms with Crippen molar-refractivity contribution in [1.82, 2.24) is 5.48 Å². The van der Waals surface area contributed by atoms with E-state index in [1.165, 1.54) is 0 Å². The van der Waals surface area contributed by atoms with Crippen molar-refractivity contribution in [2.24, 2.45) is 0 Å². The average molecular weight is 243 g/mol. The van der Waals surface area contributed by atoms with Gasteiger partial charge in [0.05, 0.1) is 0 Å². The number of hydrogen-bond acceptors (Lipinski definition) is 2. The van der Waals surface area contributed by atoms with Crippen molar-refractivity contribution in [1.29, 1.82) is 0 Å². The number of nitrogens with one attached hydrogen (secondary N) is 1. The molecule has 0 aliphatic heterocycles. The van der Waals surface area contributed by atoms with Gasteiger partial charge in [-0.05, 0) is 0 Å². The van der Waals surface area contributed by atoms with Crippen LogP contribution in [0.25, 0.3) is 0 Å². The number of hydrogen-bond donors (Lipinski definition) is 2. The lowest BCUT2D eigenvalue weighted by Crippen LogP contribution is -2.26. The molecule has 0 radical (unpaired) electrons. The van der Waals surface area contributed by atoms with E-state index in [4.69, 9.17) is 5.11 Å². The van der Waals surface area contributed by atoms with Gasteiger partial charge in [-0.25, -0.2) is 18.0 Å². The number of carboxylic acid groups (broad SMARTS) is 1. The van der Waals surface area contributed by atoms with Gasteiger partial charge < -0.3 is 9.94 Å². The maximum atomic E-state index is 12.8. The predicted octanol–water partition coefficient (Wildman–Crippen LogP) is 1.94. The van der Waals surface area contributed by atoms with E-state index in [-0.39, 0.29) is 0 Å². The summed E-state index contributed by atoms with van der Waals surface area (Å²) in [7, 11) is 0. The minimum Gasteiger partial charge on any atom is -0.463 e. The van der Waals surface area contributed by atoms with E-state index in [1.54, 1.807) is 0 Å². The monoisotopic (exact) mass is 243 g/mol. The smallest absolute Gasteiger partial charge is 0.438 e. The van der Waals surface area contributed by atoms with Crippen LogP contribution in [-0.4, -0.2) is 11.2 Å². The summed E-state index contributed by atoms with van der Waals surface area (Å²) in [5, 5.41) is 8.01. The summed E-state index contributed by atoms with van der Waals surface area (Å²) in [5.41, 5.74) is 0.998. The van der Waals surface area contributed by atoms with Crippen LogP contribution >= 0.6 is 0 Å². The fourth-order valence-electron chi connectivity index (χ4n) is 0.769. The SMILES string of the molecule is O=C(O)NOc1c(F)c(F)c(F)c(F)c1F. The number of halogens is 5. The molecule has 0 fully saturated rings. The van der Waals surface area contributed by atoms with Crippen molar-refractivity contribution < 1.29 is 36.7 Å². The molecule has 16 heavy (non-hydrogen) atoms. The van der Waals surface area contributed by atoms with Gasteiger partial charge in [-0.1, -0.05) is 0 Å². The quantitative estimate of drug-likeness (QED) is 0.361. The second-order valence-electron chi connectivity index (χ2n) is 2.41. The Hall–Kier alpha value is -2.06. The zero-order valence-electron chi connectivity index (χ0n) is 7.15. The molecule has 1 rings (SSSR count). The Kier molecular flexibility index (Phi) is 3.16. The summed E-state index contributed by atoms with van der Waals surface area (Å²) < 4.78 is 63.0. The molecule has 0 unspecified atom stereocenters. The minimum absolute atomic E-state index is 0.998. The summed E-state index contributed by atoms with van der Waals surface area (Å²) in [4.78, 5) is 13.6. The Labute approximate surface area is 84.2 Å². The number of amides is 1. The Morgan fingerprint density at radius 1 is 0.938 bits per heavy atom. The molecule has 1 aromatic rings. The highest BCUT2D eigenvalue weighted by Gasteiger charge is 2.27. The van der Waals surface area contributed by atoms with Gasteiger partial charge in [-0.15, -0.1) is 0 Å². The largest absolute Gasteiger partial charge is 0.463 e. The second kappa shape index (κ2) is 4.21. The first kappa shape index (κ1) is 12.0. The molecular weight excluding hydrogens is 241 g/mol. The van der Waals surface area contributed by atoms with E-state index in [0.29, 0.717) is 0 Å². The first-order valence-corrected chi connectivity index (χ1v) is 3.53. The Bertz CT molecular complexity index is 421. The standard InChI is InChI=1S/C7H2F5NO3/c8-1-2(9)4(11)6(5(12)3(1)10)16-13-7(14)15/h13H,(H,14,15). The number of rotatable bonds is 2.